The highest BCUT2D eigenvalue weighted by Gasteiger charge is 2.18. The minimum atomic E-state index is -0.220. The minimum absolute atomic E-state index is 0.220. The normalized spacial score (nSPS) is 10.9. The number of hydrogen-bond donors (Lipinski definition) is 0. The molecule has 3 aromatic heterocycles. The third kappa shape index (κ3) is 2.22. The number of pyridine rings is 1. The van der Waals surface area contributed by atoms with E-state index >= 15 is 0 Å². The van der Waals surface area contributed by atoms with Gasteiger partial charge in [0.2, 0.25) is 17.4 Å². The van der Waals surface area contributed by atoms with E-state index in [1.807, 2.05) is 18.2 Å². The smallest absolute Gasteiger partial charge is 0.237 e. The number of imidazole rings is 1. The molecular weight excluding hydrogens is 280 g/mol. The Kier molecular flexibility index (Phi) is 3.58. The largest absolute Gasteiger partial charge is 0.481 e. The van der Waals surface area contributed by atoms with E-state index in [1.165, 1.54) is 0 Å². The zero-order valence-corrected chi connectivity index (χ0v) is 12.7. The number of aromatic nitrogens is 4. The lowest BCUT2D eigenvalue weighted by atomic mass is 10.2. The van der Waals surface area contributed by atoms with Gasteiger partial charge >= 0.3 is 0 Å². The van der Waals surface area contributed by atoms with Crippen LogP contribution in [0.2, 0.25) is 0 Å². The highest BCUT2D eigenvalue weighted by atomic mass is 16.5. The second-order valence-electron chi connectivity index (χ2n) is 4.88. The van der Waals surface area contributed by atoms with Gasteiger partial charge in [-0.05, 0) is 25.5 Å². The molecule has 0 atom stereocenters. The summed E-state index contributed by atoms with van der Waals surface area (Å²) >= 11 is 0. The molecule has 0 bridgehead atoms. The van der Waals surface area contributed by atoms with Crippen LogP contribution in [0, 0.1) is 6.92 Å². The number of ether oxygens (including phenoxy) is 1. The lowest BCUT2D eigenvalue weighted by molar-refractivity contribution is 0.103. The highest BCUT2D eigenvalue weighted by molar-refractivity contribution is 6.06. The Morgan fingerprint density at radius 1 is 1.27 bits per heavy atom. The number of hydrogen-bond acceptors (Lipinski definition) is 5. The summed E-state index contributed by atoms with van der Waals surface area (Å²) in [5.41, 5.74) is 2.66. The Morgan fingerprint density at radius 3 is 2.73 bits per heavy atom. The van der Waals surface area contributed by atoms with Crippen LogP contribution in [0.5, 0.6) is 5.88 Å². The summed E-state index contributed by atoms with van der Waals surface area (Å²) < 4.78 is 7.13. The van der Waals surface area contributed by atoms with Gasteiger partial charge in [-0.3, -0.25) is 14.2 Å². The Labute approximate surface area is 127 Å². The van der Waals surface area contributed by atoms with E-state index in [-0.39, 0.29) is 5.78 Å². The molecule has 6 nitrogen and oxygen atoms in total. The summed E-state index contributed by atoms with van der Waals surface area (Å²) in [6.07, 6.45) is 4.08. The fourth-order valence-electron chi connectivity index (χ4n) is 2.47. The number of nitrogens with zero attached hydrogens (tertiary/aromatic N) is 4. The molecule has 0 aliphatic carbocycles. The van der Waals surface area contributed by atoms with Crippen molar-refractivity contribution in [2.75, 3.05) is 7.11 Å². The topological polar surface area (TPSA) is 69.4 Å². The monoisotopic (exact) mass is 296 g/mol. The van der Waals surface area contributed by atoms with Gasteiger partial charge in [0.05, 0.1) is 7.11 Å². The molecule has 0 spiro atoms. The van der Waals surface area contributed by atoms with Crippen molar-refractivity contribution in [2.45, 2.75) is 20.3 Å². The number of ketones is 1. The van der Waals surface area contributed by atoms with Gasteiger partial charge in [0.15, 0.2) is 0 Å². The molecule has 3 aromatic rings. The SMILES string of the molecule is CCc1c(OC)nc2nc(C(=O)c3ccccn3)cn2c1C. The van der Waals surface area contributed by atoms with Gasteiger partial charge in [0.1, 0.15) is 11.4 Å². The molecule has 0 amide bonds. The third-order valence-electron chi connectivity index (χ3n) is 3.62. The van der Waals surface area contributed by atoms with Crippen molar-refractivity contribution in [3.63, 3.8) is 0 Å². The number of aryl methyl sites for hydroxylation is 1. The number of rotatable bonds is 4. The van der Waals surface area contributed by atoms with E-state index in [1.54, 1.807) is 37.7 Å². The van der Waals surface area contributed by atoms with E-state index < -0.39 is 0 Å². The summed E-state index contributed by atoms with van der Waals surface area (Å²) in [5, 5.41) is 0. The Morgan fingerprint density at radius 2 is 2.09 bits per heavy atom. The lowest BCUT2D eigenvalue weighted by Gasteiger charge is -2.10. The molecule has 0 N–H and O–H groups in total. The van der Waals surface area contributed by atoms with Crippen molar-refractivity contribution in [3.8, 4) is 5.88 Å². The average molecular weight is 296 g/mol. The van der Waals surface area contributed by atoms with Crippen LogP contribution >= 0.6 is 0 Å². The summed E-state index contributed by atoms with van der Waals surface area (Å²) in [6.45, 7) is 4.00. The summed E-state index contributed by atoms with van der Waals surface area (Å²) in [4.78, 5) is 25.2. The maximum Gasteiger partial charge on any atom is 0.237 e. The standard InChI is InChI=1S/C16H16N4O2/c1-4-11-10(2)20-9-13(18-16(20)19-15(11)22-3)14(21)12-7-5-6-8-17-12/h5-9H,4H2,1-3H3. The van der Waals surface area contributed by atoms with Crippen molar-refractivity contribution < 1.29 is 9.53 Å². The van der Waals surface area contributed by atoms with Crippen LogP contribution in [0.1, 0.15) is 34.4 Å². The van der Waals surface area contributed by atoms with Gasteiger partial charge in [-0.2, -0.15) is 4.98 Å². The van der Waals surface area contributed by atoms with Crippen molar-refractivity contribution in [2.24, 2.45) is 0 Å². The van der Waals surface area contributed by atoms with Crippen LogP contribution < -0.4 is 4.74 Å². The van der Waals surface area contributed by atoms with Crippen molar-refractivity contribution >= 4 is 11.6 Å². The van der Waals surface area contributed by atoms with Gasteiger partial charge in [0, 0.05) is 23.7 Å². The molecule has 3 heterocycles. The molecule has 3 rings (SSSR count). The molecule has 0 aliphatic rings. The molecule has 0 unspecified atom stereocenters. The van der Waals surface area contributed by atoms with Gasteiger partial charge in [-0.15, -0.1) is 0 Å². The Balaban J connectivity index is 2.14. The molecule has 0 aromatic carbocycles. The molecular formula is C16H16N4O2. The van der Waals surface area contributed by atoms with E-state index in [4.69, 9.17) is 4.74 Å². The first kappa shape index (κ1) is 14.2. The second-order valence-corrected chi connectivity index (χ2v) is 4.88. The van der Waals surface area contributed by atoms with E-state index in [2.05, 4.69) is 15.0 Å². The van der Waals surface area contributed by atoms with Crippen molar-refractivity contribution in [1.29, 1.82) is 0 Å². The molecule has 0 radical (unpaired) electrons. The molecule has 22 heavy (non-hydrogen) atoms. The maximum absolute atomic E-state index is 12.4. The van der Waals surface area contributed by atoms with Crippen molar-refractivity contribution in [1.82, 2.24) is 19.4 Å². The van der Waals surface area contributed by atoms with E-state index in [0.717, 1.165) is 17.7 Å². The quantitative estimate of drug-likeness (QED) is 0.691. The Bertz CT molecular complexity index is 840. The van der Waals surface area contributed by atoms with Gasteiger partial charge in [0.25, 0.3) is 0 Å². The van der Waals surface area contributed by atoms with Crippen LogP contribution in [-0.4, -0.2) is 32.2 Å². The zero-order chi connectivity index (χ0) is 15.7. The van der Waals surface area contributed by atoms with Gasteiger partial charge < -0.3 is 4.74 Å². The van der Waals surface area contributed by atoms with Crippen LogP contribution in [0.15, 0.2) is 30.6 Å². The Hall–Kier alpha value is -2.76. The van der Waals surface area contributed by atoms with Gasteiger partial charge in [-0.25, -0.2) is 4.98 Å². The fraction of sp³-hybridized carbons (Fsp3) is 0.250. The third-order valence-corrected chi connectivity index (χ3v) is 3.62. The fourth-order valence-corrected chi connectivity index (χ4v) is 2.47. The maximum atomic E-state index is 12.4. The first-order valence-corrected chi connectivity index (χ1v) is 7.04. The minimum Gasteiger partial charge on any atom is -0.481 e. The van der Waals surface area contributed by atoms with Crippen LogP contribution in [0.25, 0.3) is 5.78 Å². The lowest BCUT2D eigenvalue weighted by Crippen LogP contribution is -2.03. The molecule has 112 valence electrons. The van der Waals surface area contributed by atoms with E-state index in [9.17, 15) is 4.79 Å². The second kappa shape index (κ2) is 5.55. The first-order valence-electron chi connectivity index (χ1n) is 7.04. The highest BCUT2D eigenvalue weighted by Crippen LogP contribution is 2.22. The van der Waals surface area contributed by atoms with Crippen molar-refractivity contribution in [3.05, 3.63) is 53.2 Å². The molecule has 0 saturated heterocycles. The average Bonchev–Trinajstić information content (AvgIpc) is 2.99. The molecule has 0 aliphatic heterocycles. The number of carbonyl (C=O) groups is 1. The first-order chi connectivity index (χ1) is 10.7. The molecule has 6 heteroatoms. The van der Waals surface area contributed by atoms with Crippen LogP contribution in [0.3, 0.4) is 0 Å². The number of methoxy groups -OCH3 is 1. The van der Waals surface area contributed by atoms with Crippen LogP contribution in [0.4, 0.5) is 0 Å². The summed E-state index contributed by atoms with van der Waals surface area (Å²) in [7, 11) is 1.58. The zero-order valence-electron chi connectivity index (χ0n) is 12.7. The summed E-state index contributed by atoms with van der Waals surface area (Å²) in [5.74, 6) is 0.781. The number of fused-ring (bicyclic) bond motifs is 1. The van der Waals surface area contributed by atoms with Crippen LogP contribution in [-0.2, 0) is 6.42 Å². The molecule has 0 fully saturated rings. The van der Waals surface area contributed by atoms with Gasteiger partial charge in [-0.1, -0.05) is 13.0 Å². The van der Waals surface area contributed by atoms with E-state index in [0.29, 0.717) is 23.0 Å². The predicted octanol–water partition coefficient (Wildman–Crippen LogP) is 2.23. The summed E-state index contributed by atoms with van der Waals surface area (Å²) in [6, 6.07) is 5.22. The predicted molar refractivity (Wildman–Crippen MR) is 81.3 cm³/mol. The molecule has 0 saturated carbocycles. The number of carbonyl (C=O) groups excluding carboxylic acids is 1.